The Hall–Kier alpha value is -1.09. The zero-order valence-electron chi connectivity index (χ0n) is 11.5. The molecule has 1 aromatic carbocycles. The summed E-state index contributed by atoms with van der Waals surface area (Å²) in [6, 6.07) is 6.53. The van der Waals surface area contributed by atoms with E-state index in [1.807, 2.05) is 6.07 Å². The summed E-state index contributed by atoms with van der Waals surface area (Å²) in [6.07, 6.45) is 7.55. The van der Waals surface area contributed by atoms with Crippen LogP contribution in [-0.4, -0.2) is 19.2 Å². The average Bonchev–Trinajstić information content (AvgIpc) is 2.86. The minimum absolute atomic E-state index is 0.255. The predicted molar refractivity (Wildman–Crippen MR) is 73.9 cm³/mol. The Bertz CT molecular complexity index is 448. The first-order valence-electron chi connectivity index (χ1n) is 7.34. The topological polar surface area (TPSA) is 21.3 Å². The van der Waals surface area contributed by atoms with Crippen molar-refractivity contribution in [3.8, 4) is 5.75 Å². The third-order valence-electron chi connectivity index (χ3n) is 4.69. The second-order valence-electron chi connectivity index (χ2n) is 5.91. The molecule has 3 atom stereocenters. The normalized spacial score (nSPS) is 30.1. The molecule has 1 heterocycles. The molecule has 0 amide bonds. The molecule has 1 saturated carbocycles. The van der Waals surface area contributed by atoms with E-state index in [1.54, 1.807) is 12.1 Å². The first-order valence-corrected chi connectivity index (χ1v) is 7.34. The van der Waals surface area contributed by atoms with Crippen LogP contribution in [0, 0.1) is 11.7 Å². The summed E-state index contributed by atoms with van der Waals surface area (Å²) in [5.74, 6) is 0.967. The van der Waals surface area contributed by atoms with Crippen LogP contribution in [0.2, 0.25) is 0 Å². The first kappa shape index (κ1) is 12.9. The van der Waals surface area contributed by atoms with Crippen molar-refractivity contribution < 1.29 is 9.13 Å². The smallest absolute Gasteiger partial charge is 0.165 e. The SMILES string of the molecule is COc1ccc(CC2CCC3CCCC3N2)cc1F. The van der Waals surface area contributed by atoms with Crippen LogP contribution in [0.3, 0.4) is 0 Å². The Morgan fingerprint density at radius 3 is 2.95 bits per heavy atom. The number of benzene rings is 1. The van der Waals surface area contributed by atoms with Gasteiger partial charge in [-0.05, 0) is 55.7 Å². The van der Waals surface area contributed by atoms with Gasteiger partial charge in [0.2, 0.25) is 0 Å². The third kappa shape index (κ3) is 2.76. The lowest BCUT2D eigenvalue weighted by Crippen LogP contribution is -2.46. The van der Waals surface area contributed by atoms with Crippen molar-refractivity contribution in [3.05, 3.63) is 29.6 Å². The van der Waals surface area contributed by atoms with Crippen LogP contribution in [0.15, 0.2) is 18.2 Å². The van der Waals surface area contributed by atoms with Crippen molar-refractivity contribution in [1.29, 1.82) is 0 Å². The second-order valence-corrected chi connectivity index (χ2v) is 5.91. The molecule has 3 heteroatoms. The highest BCUT2D eigenvalue weighted by Crippen LogP contribution is 2.34. The fourth-order valence-corrected chi connectivity index (χ4v) is 3.69. The van der Waals surface area contributed by atoms with Crippen LogP contribution in [0.4, 0.5) is 4.39 Å². The summed E-state index contributed by atoms with van der Waals surface area (Å²) in [7, 11) is 1.50. The Balaban J connectivity index is 1.63. The summed E-state index contributed by atoms with van der Waals surface area (Å²) in [5.41, 5.74) is 1.06. The molecule has 0 bridgehead atoms. The van der Waals surface area contributed by atoms with E-state index in [0.717, 1.165) is 17.9 Å². The molecule has 1 aliphatic carbocycles. The summed E-state index contributed by atoms with van der Waals surface area (Å²) in [5, 5.41) is 3.76. The van der Waals surface area contributed by atoms with E-state index < -0.39 is 0 Å². The van der Waals surface area contributed by atoms with E-state index >= 15 is 0 Å². The standard InChI is InChI=1S/C16H22FNO/c1-19-16-8-5-11(10-14(16)17)9-13-7-6-12-3-2-4-15(12)18-13/h5,8,10,12-13,15,18H,2-4,6-7,9H2,1H3. The highest BCUT2D eigenvalue weighted by Gasteiger charge is 2.33. The fourth-order valence-electron chi connectivity index (χ4n) is 3.69. The van der Waals surface area contributed by atoms with Gasteiger partial charge in [-0.1, -0.05) is 12.5 Å². The molecule has 2 aliphatic rings. The Labute approximate surface area is 114 Å². The van der Waals surface area contributed by atoms with Crippen molar-refractivity contribution in [2.24, 2.45) is 5.92 Å². The third-order valence-corrected chi connectivity index (χ3v) is 4.69. The number of hydrogen-bond acceptors (Lipinski definition) is 2. The van der Waals surface area contributed by atoms with Crippen LogP contribution in [0.25, 0.3) is 0 Å². The van der Waals surface area contributed by atoms with Gasteiger partial charge in [-0.25, -0.2) is 4.39 Å². The molecular weight excluding hydrogens is 241 g/mol. The highest BCUT2D eigenvalue weighted by atomic mass is 19.1. The molecule has 104 valence electrons. The van der Waals surface area contributed by atoms with E-state index in [2.05, 4.69) is 5.32 Å². The molecule has 3 unspecified atom stereocenters. The summed E-state index contributed by atoms with van der Waals surface area (Å²) >= 11 is 0. The molecule has 19 heavy (non-hydrogen) atoms. The molecule has 2 nitrogen and oxygen atoms in total. The maximum Gasteiger partial charge on any atom is 0.165 e. The van der Waals surface area contributed by atoms with Gasteiger partial charge in [-0.15, -0.1) is 0 Å². The molecule has 0 radical (unpaired) electrons. The van der Waals surface area contributed by atoms with Gasteiger partial charge in [0.15, 0.2) is 11.6 Å². The number of piperidine rings is 1. The van der Waals surface area contributed by atoms with E-state index in [-0.39, 0.29) is 5.82 Å². The first-order chi connectivity index (χ1) is 9.26. The lowest BCUT2D eigenvalue weighted by Gasteiger charge is -2.33. The Morgan fingerprint density at radius 1 is 1.26 bits per heavy atom. The molecule has 1 saturated heterocycles. The molecule has 1 aliphatic heterocycles. The second kappa shape index (κ2) is 5.49. The molecule has 3 rings (SSSR count). The van der Waals surface area contributed by atoms with Gasteiger partial charge >= 0.3 is 0 Å². The fraction of sp³-hybridized carbons (Fsp3) is 0.625. The van der Waals surface area contributed by atoms with Gasteiger partial charge in [-0.3, -0.25) is 0 Å². The highest BCUT2D eigenvalue weighted by molar-refractivity contribution is 5.29. The van der Waals surface area contributed by atoms with E-state index in [9.17, 15) is 4.39 Å². The van der Waals surface area contributed by atoms with Gasteiger partial charge in [-0.2, -0.15) is 0 Å². The van der Waals surface area contributed by atoms with Crippen LogP contribution in [0.5, 0.6) is 5.75 Å². The van der Waals surface area contributed by atoms with Crippen molar-refractivity contribution in [3.63, 3.8) is 0 Å². The number of rotatable bonds is 3. The van der Waals surface area contributed by atoms with Gasteiger partial charge in [0.05, 0.1) is 7.11 Å². The van der Waals surface area contributed by atoms with Gasteiger partial charge in [0, 0.05) is 12.1 Å². The average molecular weight is 263 g/mol. The molecule has 0 spiro atoms. The van der Waals surface area contributed by atoms with Crippen molar-refractivity contribution in [2.45, 2.75) is 50.6 Å². The Kier molecular flexibility index (Phi) is 3.74. The minimum Gasteiger partial charge on any atom is -0.494 e. The Morgan fingerprint density at radius 2 is 2.16 bits per heavy atom. The van der Waals surface area contributed by atoms with E-state index in [0.29, 0.717) is 17.8 Å². The quantitative estimate of drug-likeness (QED) is 0.903. The molecule has 1 N–H and O–H groups in total. The van der Waals surface area contributed by atoms with Gasteiger partial charge in [0.1, 0.15) is 0 Å². The molecule has 1 aromatic rings. The van der Waals surface area contributed by atoms with E-state index in [1.165, 1.54) is 39.2 Å². The lowest BCUT2D eigenvalue weighted by molar-refractivity contribution is 0.257. The predicted octanol–water partition coefficient (Wildman–Crippen LogP) is 3.30. The van der Waals surface area contributed by atoms with Crippen LogP contribution < -0.4 is 10.1 Å². The number of ether oxygens (including phenoxy) is 1. The zero-order chi connectivity index (χ0) is 13.2. The summed E-state index contributed by atoms with van der Waals surface area (Å²) in [6.45, 7) is 0. The zero-order valence-corrected chi connectivity index (χ0v) is 11.5. The van der Waals surface area contributed by atoms with Crippen molar-refractivity contribution in [1.82, 2.24) is 5.32 Å². The number of methoxy groups -OCH3 is 1. The monoisotopic (exact) mass is 263 g/mol. The maximum absolute atomic E-state index is 13.7. The van der Waals surface area contributed by atoms with Gasteiger partial charge < -0.3 is 10.1 Å². The summed E-state index contributed by atoms with van der Waals surface area (Å²) < 4.78 is 18.6. The summed E-state index contributed by atoms with van der Waals surface area (Å²) in [4.78, 5) is 0. The number of hydrogen-bond donors (Lipinski definition) is 1. The minimum atomic E-state index is -0.255. The van der Waals surface area contributed by atoms with Gasteiger partial charge in [0.25, 0.3) is 0 Å². The van der Waals surface area contributed by atoms with Crippen LogP contribution in [-0.2, 0) is 6.42 Å². The molecular formula is C16H22FNO. The number of fused-ring (bicyclic) bond motifs is 1. The molecule has 0 aromatic heterocycles. The molecule has 2 fully saturated rings. The maximum atomic E-state index is 13.7. The van der Waals surface area contributed by atoms with Crippen molar-refractivity contribution >= 4 is 0 Å². The number of halogens is 1. The lowest BCUT2D eigenvalue weighted by atomic mass is 9.87. The van der Waals surface area contributed by atoms with Crippen LogP contribution >= 0.6 is 0 Å². The number of nitrogens with one attached hydrogen (secondary N) is 1. The largest absolute Gasteiger partial charge is 0.494 e. The van der Waals surface area contributed by atoms with Crippen LogP contribution in [0.1, 0.15) is 37.7 Å². The van der Waals surface area contributed by atoms with E-state index in [4.69, 9.17) is 4.74 Å². The van der Waals surface area contributed by atoms with Crippen molar-refractivity contribution in [2.75, 3.05) is 7.11 Å².